The normalized spacial score (nSPS) is 11.4. The molecule has 0 bridgehead atoms. The van der Waals surface area contributed by atoms with E-state index in [0.29, 0.717) is 14.4 Å². The van der Waals surface area contributed by atoms with Gasteiger partial charge in [-0.25, -0.2) is 9.78 Å². The molecule has 106 valence electrons. The Hall–Kier alpha value is -1.61. The minimum Gasteiger partial charge on any atom is -0.476 e. The summed E-state index contributed by atoms with van der Waals surface area (Å²) in [6.45, 7) is 0. The van der Waals surface area contributed by atoms with Gasteiger partial charge in [0.05, 0.1) is 4.88 Å². The molecule has 0 radical (unpaired) electrons. The van der Waals surface area contributed by atoms with E-state index in [1.807, 2.05) is 0 Å². The first-order valence-electron chi connectivity index (χ1n) is 5.02. The van der Waals surface area contributed by atoms with E-state index < -0.39 is 12.3 Å². The molecule has 4 nitrogen and oxygen atoms in total. The van der Waals surface area contributed by atoms with Crippen molar-refractivity contribution < 1.29 is 27.8 Å². The van der Waals surface area contributed by atoms with Crippen LogP contribution in [0.15, 0.2) is 28.2 Å². The molecule has 2 rings (SSSR count). The molecule has 0 aliphatic heterocycles. The summed E-state index contributed by atoms with van der Waals surface area (Å²) in [5.74, 6) is -1.58. The molecule has 0 saturated heterocycles. The molecular weight excluding hydrogens is 363 g/mol. The van der Waals surface area contributed by atoms with E-state index in [2.05, 4.69) is 25.7 Å². The summed E-state index contributed by atoms with van der Waals surface area (Å²) in [7, 11) is 0. The predicted molar refractivity (Wildman–Crippen MR) is 68.9 cm³/mol. The summed E-state index contributed by atoms with van der Waals surface area (Å²) >= 11 is 4.15. The molecule has 1 aromatic heterocycles. The van der Waals surface area contributed by atoms with Gasteiger partial charge in [-0.1, -0.05) is 0 Å². The van der Waals surface area contributed by atoms with Gasteiger partial charge >= 0.3 is 12.3 Å². The number of aromatic nitrogens is 1. The Bertz CT molecular complexity index is 639. The molecule has 1 N–H and O–H groups in total. The first-order chi connectivity index (χ1) is 9.26. The highest BCUT2D eigenvalue weighted by Gasteiger charge is 2.31. The maximum absolute atomic E-state index is 12.0. The maximum Gasteiger partial charge on any atom is 0.573 e. The second kappa shape index (κ2) is 5.41. The smallest absolute Gasteiger partial charge is 0.476 e. The number of hydrogen-bond donors (Lipinski definition) is 1. The number of thiazole rings is 1. The van der Waals surface area contributed by atoms with E-state index in [0.717, 1.165) is 23.5 Å². The second-order valence-electron chi connectivity index (χ2n) is 3.52. The molecule has 2 aromatic rings. The predicted octanol–water partition coefficient (Wildman–Crippen LogP) is 4.17. The lowest BCUT2D eigenvalue weighted by Gasteiger charge is -2.08. The number of rotatable bonds is 3. The van der Waals surface area contributed by atoms with E-state index >= 15 is 0 Å². The van der Waals surface area contributed by atoms with E-state index in [1.54, 1.807) is 0 Å². The van der Waals surface area contributed by atoms with Gasteiger partial charge in [-0.3, -0.25) is 0 Å². The van der Waals surface area contributed by atoms with Crippen LogP contribution >= 0.6 is 27.3 Å². The van der Waals surface area contributed by atoms with Crippen molar-refractivity contribution in [3.05, 3.63) is 33.9 Å². The van der Waals surface area contributed by atoms with E-state index in [9.17, 15) is 18.0 Å². The largest absolute Gasteiger partial charge is 0.573 e. The monoisotopic (exact) mass is 367 g/mol. The molecule has 20 heavy (non-hydrogen) atoms. The Kier molecular flexibility index (Phi) is 4.00. The molecule has 0 aliphatic rings. The average Bonchev–Trinajstić information content (AvgIpc) is 2.70. The van der Waals surface area contributed by atoms with Crippen molar-refractivity contribution in [2.24, 2.45) is 0 Å². The Balaban J connectivity index is 2.33. The SMILES string of the molecule is O=C(O)c1nc(Br)sc1-c1ccc(OC(F)(F)F)cc1. The minimum absolute atomic E-state index is 0.161. The second-order valence-corrected chi connectivity index (χ2v) is 5.80. The Labute approximate surface area is 123 Å². The van der Waals surface area contributed by atoms with Crippen molar-refractivity contribution in [3.63, 3.8) is 0 Å². The first kappa shape index (κ1) is 14.8. The molecule has 1 aromatic carbocycles. The van der Waals surface area contributed by atoms with Crippen molar-refractivity contribution >= 4 is 33.2 Å². The van der Waals surface area contributed by atoms with Gasteiger partial charge in [-0.05, 0) is 45.8 Å². The molecule has 0 unspecified atom stereocenters. The van der Waals surface area contributed by atoms with Crippen molar-refractivity contribution in [2.45, 2.75) is 6.36 Å². The van der Waals surface area contributed by atoms with Crippen LogP contribution in [-0.2, 0) is 0 Å². The van der Waals surface area contributed by atoms with Gasteiger partial charge in [0.2, 0.25) is 0 Å². The van der Waals surface area contributed by atoms with Crippen molar-refractivity contribution in [1.29, 1.82) is 0 Å². The number of hydrogen-bond acceptors (Lipinski definition) is 4. The molecule has 9 heteroatoms. The molecule has 0 fully saturated rings. The van der Waals surface area contributed by atoms with Gasteiger partial charge in [-0.15, -0.1) is 24.5 Å². The zero-order chi connectivity index (χ0) is 14.9. The van der Waals surface area contributed by atoms with Crippen LogP contribution in [-0.4, -0.2) is 22.4 Å². The standard InChI is InChI=1S/C11H5BrF3NO3S/c12-10-16-7(9(17)18)8(20-10)5-1-3-6(4-2-5)19-11(13,14)15/h1-4H,(H,17,18). The molecule has 0 spiro atoms. The van der Waals surface area contributed by atoms with Gasteiger partial charge in [0.15, 0.2) is 9.61 Å². The molecule has 0 amide bonds. The molecule has 0 atom stereocenters. The summed E-state index contributed by atoms with van der Waals surface area (Å²) in [6, 6.07) is 4.91. The van der Waals surface area contributed by atoms with Gasteiger partial charge in [0, 0.05) is 0 Å². The van der Waals surface area contributed by atoms with Crippen molar-refractivity contribution in [3.8, 4) is 16.2 Å². The van der Waals surface area contributed by atoms with Crippen LogP contribution in [0.1, 0.15) is 10.5 Å². The summed E-state index contributed by atoms with van der Waals surface area (Å²) in [4.78, 5) is 15.2. The third-order valence-corrected chi connectivity index (χ3v) is 3.71. The van der Waals surface area contributed by atoms with Crippen LogP contribution in [0.2, 0.25) is 0 Å². The van der Waals surface area contributed by atoms with Crippen LogP contribution in [0.4, 0.5) is 13.2 Å². The fourth-order valence-corrected chi connectivity index (χ4v) is 2.89. The highest BCUT2D eigenvalue weighted by molar-refractivity contribution is 9.11. The summed E-state index contributed by atoms with van der Waals surface area (Å²) in [5, 5.41) is 9.00. The van der Waals surface area contributed by atoms with Crippen LogP contribution < -0.4 is 4.74 Å². The Morgan fingerprint density at radius 3 is 2.40 bits per heavy atom. The average molecular weight is 368 g/mol. The third-order valence-electron chi connectivity index (χ3n) is 2.15. The number of halogens is 4. The Morgan fingerprint density at radius 1 is 1.30 bits per heavy atom. The molecular formula is C11H5BrF3NO3S. The number of nitrogens with zero attached hydrogens (tertiary/aromatic N) is 1. The quantitative estimate of drug-likeness (QED) is 0.884. The van der Waals surface area contributed by atoms with Gasteiger partial charge in [-0.2, -0.15) is 0 Å². The lowest BCUT2D eigenvalue weighted by Crippen LogP contribution is -2.16. The summed E-state index contributed by atoms with van der Waals surface area (Å²) < 4.78 is 40.2. The number of alkyl halides is 3. The van der Waals surface area contributed by atoms with Crippen LogP contribution in [0.3, 0.4) is 0 Å². The van der Waals surface area contributed by atoms with E-state index in [1.165, 1.54) is 12.1 Å². The van der Waals surface area contributed by atoms with Gasteiger partial charge < -0.3 is 9.84 Å². The molecule has 0 aliphatic carbocycles. The Morgan fingerprint density at radius 2 is 1.90 bits per heavy atom. The zero-order valence-corrected chi connectivity index (χ0v) is 11.8. The van der Waals surface area contributed by atoms with Gasteiger partial charge in [0.25, 0.3) is 0 Å². The number of carboxylic acids is 1. The summed E-state index contributed by atoms with van der Waals surface area (Å²) in [6.07, 6.45) is -4.76. The fourth-order valence-electron chi connectivity index (χ4n) is 1.44. The van der Waals surface area contributed by atoms with Crippen molar-refractivity contribution in [1.82, 2.24) is 4.98 Å². The molecule has 0 saturated carbocycles. The zero-order valence-electron chi connectivity index (χ0n) is 9.44. The number of ether oxygens (including phenoxy) is 1. The first-order valence-corrected chi connectivity index (χ1v) is 6.63. The highest BCUT2D eigenvalue weighted by Crippen LogP contribution is 2.34. The van der Waals surface area contributed by atoms with Gasteiger partial charge in [0.1, 0.15) is 5.75 Å². The topological polar surface area (TPSA) is 59.4 Å². The van der Waals surface area contributed by atoms with E-state index in [-0.39, 0.29) is 11.4 Å². The highest BCUT2D eigenvalue weighted by atomic mass is 79.9. The lowest BCUT2D eigenvalue weighted by atomic mass is 10.1. The lowest BCUT2D eigenvalue weighted by molar-refractivity contribution is -0.274. The summed E-state index contributed by atoms with van der Waals surface area (Å²) in [5.41, 5.74) is 0.284. The maximum atomic E-state index is 12.0. The number of carboxylic acid groups (broad SMARTS) is 1. The number of carbonyl (C=O) groups is 1. The number of aromatic carboxylic acids is 1. The van der Waals surface area contributed by atoms with E-state index in [4.69, 9.17) is 5.11 Å². The van der Waals surface area contributed by atoms with Crippen molar-refractivity contribution in [2.75, 3.05) is 0 Å². The third kappa shape index (κ3) is 3.48. The van der Waals surface area contributed by atoms with Crippen LogP contribution in [0.5, 0.6) is 5.75 Å². The fraction of sp³-hybridized carbons (Fsp3) is 0.0909. The van der Waals surface area contributed by atoms with Crippen LogP contribution in [0.25, 0.3) is 10.4 Å². The van der Waals surface area contributed by atoms with Crippen LogP contribution in [0, 0.1) is 0 Å². The molecule has 1 heterocycles. The minimum atomic E-state index is -4.76. The number of benzene rings is 1.